The van der Waals surface area contributed by atoms with Crippen molar-refractivity contribution in [2.24, 2.45) is 0 Å². The zero-order chi connectivity index (χ0) is 20.6. The van der Waals surface area contributed by atoms with Gasteiger partial charge in [-0.1, -0.05) is 12.8 Å². The third-order valence-corrected chi connectivity index (χ3v) is 4.77. The van der Waals surface area contributed by atoms with Crippen LogP contribution in [0.3, 0.4) is 0 Å². The zero-order valence-corrected chi connectivity index (χ0v) is 17.1. The summed E-state index contributed by atoms with van der Waals surface area (Å²) in [5, 5.41) is 9.00. The molecule has 7 heteroatoms. The van der Waals surface area contributed by atoms with Gasteiger partial charge in [-0.25, -0.2) is 9.78 Å². The van der Waals surface area contributed by atoms with Crippen molar-refractivity contribution in [2.75, 3.05) is 29.0 Å². The maximum absolute atomic E-state index is 12.7. The van der Waals surface area contributed by atoms with Crippen LogP contribution in [-0.2, 0) is 0 Å². The van der Waals surface area contributed by atoms with Crippen molar-refractivity contribution in [3.8, 4) is 0 Å². The highest BCUT2D eigenvalue weighted by Gasteiger charge is 2.16. The van der Waals surface area contributed by atoms with Gasteiger partial charge in [-0.05, 0) is 63.1 Å². The lowest BCUT2D eigenvalue weighted by atomic mass is 10.2. The zero-order valence-electron chi connectivity index (χ0n) is 17.1. The van der Waals surface area contributed by atoms with Crippen molar-refractivity contribution < 1.29 is 9.59 Å². The van der Waals surface area contributed by atoms with Crippen molar-refractivity contribution in [3.63, 3.8) is 0 Å². The average molecular weight is 396 g/mol. The smallest absolute Gasteiger partial charge is 0.321 e. The molecule has 7 nitrogen and oxygen atoms in total. The molecular formula is C22H29N5O2. The highest BCUT2D eigenvalue weighted by Crippen LogP contribution is 2.19. The predicted molar refractivity (Wildman–Crippen MR) is 116 cm³/mol. The Hall–Kier alpha value is -3.09. The molecule has 29 heavy (non-hydrogen) atoms. The number of amides is 3. The number of nitrogens with zero attached hydrogens (tertiary/aromatic N) is 2. The molecule has 2 aromatic rings. The molecule has 1 fully saturated rings. The molecular weight excluding hydrogens is 366 g/mol. The molecule has 0 bridgehead atoms. The Balaban J connectivity index is 1.60. The van der Waals surface area contributed by atoms with Crippen LogP contribution in [-0.4, -0.2) is 41.0 Å². The van der Waals surface area contributed by atoms with E-state index in [1.807, 2.05) is 18.7 Å². The van der Waals surface area contributed by atoms with Crippen molar-refractivity contribution in [2.45, 2.75) is 45.6 Å². The molecule has 0 saturated carbocycles. The summed E-state index contributed by atoms with van der Waals surface area (Å²) in [7, 11) is 0. The van der Waals surface area contributed by atoms with Crippen molar-refractivity contribution in [1.29, 1.82) is 0 Å². The van der Waals surface area contributed by atoms with Gasteiger partial charge in [0.15, 0.2) is 0 Å². The number of nitrogens with one attached hydrogen (secondary N) is 3. The van der Waals surface area contributed by atoms with Gasteiger partial charge in [0.2, 0.25) is 0 Å². The molecule has 0 unspecified atom stereocenters. The molecule has 1 aromatic heterocycles. The average Bonchev–Trinajstić information content (AvgIpc) is 2.99. The number of carbonyl (C=O) groups is 2. The Bertz CT molecular complexity index is 827. The summed E-state index contributed by atoms with van der Waals surface area (Å²) >= 11 is 0. The minimum Gasteiger partial charge on any atom is -0.367 e. The van der Waals surface area contributed by atoms with Crippen molar-refractivity contribution >= 4 is 29.1 Å². The summed E-state index contributed by atoms with van der Waals surface area (Å²) in [6.45, 7) is 5.60. The molecule has 3 N–H and O–H groups in total. The summed E-state index contributed by atoms with van der Waals surface area (Å²) in [6.07, 6.45) is 6.14. The van der Waals surface area contributed by atoms with E-state index in [1.54, 1.807) is 42.6 Å². The first-order valence-corrected chi connectivity index (χ1v) is 10.2. The minimum absolute atomic E-state index is 0.0663. The Morgan fingerprint density at radius 2 is 1.55 bits per heavy atom. The molecule has 2 heterocycles. The van der Waals surface area contributed by atoms with E-state index >= 15 is 0 Å². The Labute approximate surface area is 171 Å². The van der Waals surface area contributed by atoms with Crippen LogP contribution in [0.15, 0.2) is 42.6 Å². The Morgan fingerprint density at radius 3 is 2.17 bits per heavy atom. The van der Waals surface area contributed by atoms with Gasteiger partial charge in [0.05, 0.1) is 5.56 Å². The van der Waals surface area contributed by atoms with Crippen LogP contribution >= 0.6 is 0 Å². The lowest BCUT2D eigenvalue weighted by Crippen LogP contribution is -2.35. The fourth-order valence-electron chi connectivity index (χ4n) is 3.29. The summed E-state index contributed by atoms with van der Waals surface area (Å²) in [6, 6.07) is 10.7. The first kappa shape index (κ1) is 20.6. The minimum atomic E-state index is -0.234. The molecule has 0 aliphatic carbocycles. The fourth-order valence-corrected chi connectivity index (χ4v) is 3.29. The van der Waals surface area contributed by atoms with Crippen LogP contribution in [0.4, 0.5) is 22.0 Å². The van der Waals surface area contributed by atoms with E-state index < -0.39 is 0 Å². The van der Waals surface area contributed by atoms with E-state index in [2.05, 4.69) is 20.9 Å². The van der Waals surface area contributed by atoms with Crippen LogP contribution in [0.1, 0.15) is 49.9 Å². The van der Waals surface area contributed by atoms with Crippen molar-refractivity contribution in [1.82, 2.24) is 9.88 Å². The molecule has 3 amide bonds. The van der Waals surface area contributed by atoms with Crippen LogP contribution in [0.5, 0.6) is 0 Å². The van der Waals surface area contributed by atoms with Crippen molar-refractivity contribution in [3.05, 3.63) is 48.2 Å². The molecule has 1 aliphatic heterocycles. The second-order valence-corrected chi connectivity index (χ2v) is 7.56. The number of rotatable bonds is 5. The van der Waals surface area contributed by atoms with Crippen LogP contribution in [0.25, 0.3) is 0 Å². The molecule has 0 radical (unpaired) electrons. The summed E-state index contributed by atoms with van der Waals surface area (Å²) in [5.41, 5.74) is 1.85. The van der Waals surface area contributed by atoms with Gasteiger partial charge < -0.3 is 20.9 Å². The number of hydrogen-bond acceptors (Lipinski definition) is 4. The molecule has 1 aromatic carbocycles. The normalized spacial score (nSPS) is 14.2. The van der Waals surface area contributed by atoms with E-state index in [9.17, 15) is 9.59 Å². The van der Waals surface area contributed by atoms with E-state index in [-0.39, 0.29) is 18.0 Å². The highest BCUT2D eigenvalue weighted by atomic mass is 16.2. The summed E-state index contributed by atoms with van der Waals surface area (Å²) < 4.78 is 0. The fraction of sp³-hybridized carbons (Fsp3) is 0.409. The standard InChI is InChI=1S/C22H29N5O2/c1-16(2)24-20-19(8-7-13-23-20)21(28)25-17-9-11-18(12-10-17)26-22(29)27-14-5-3-4-6-15-27/h7-13,16H,3-6,14-15H2,1-2H3,(H,23,24)(H,25,28)(H,26,29). The predicted octanol–water partition coefficient (Wildman–Crippen LogP) is 4.56. The van der Waals surface area contributed by atoms with Gasteiger partial charge in [-0.15, -0.1) is 0 Å². The number of anilines is 3. The van der Waals surface area contributed by atoms with Crippen LogP contribution < -0.4 is 16.0 Å². The topological polar surface area (TPSA) is 86.4 Å². The van der Waals surface area contributed by atoms with Gasteiger partial charge in [-0.3, -0.25) is 4.79 Å². The maximum Gasteiger partial charge on any atom is 0.321 e. The number of likely N-dealkylation sites (tertiary alicyclic amines) is 1. The van der Waals surface area contributed by atoms with E-state index in [1.165, 1.54) is 12.8 Å². The Kier molecular flexibility index (Phi) is 7.05. The maximum atomic E-state index is 12.7. The monoisotopic (exact) mass is 395 g/mol. The Morgan fingerprint density at radius 1 is 0.931 bits per heavy atom. The van der Waals surface area contributed by atoms with E-state index in [0.717, 1.165) is 25.9 Å². The first-order valence-electron chi connectivity index (χ1n) is 10.2. The summed E-state index contributed by atoms with van der Waals surface area (Å²) in [5.74, 6) is 0.323. The molecule has 3 rings (SSSR count). The van der Waals surface area contributed by atoms with Gasteiger partial charge in [0.25, 0.3) is 5.91 Å². The largest absolute Gasteiger partial charge is 0.367 e. The van der Waals surface area contributed by atoms with Gasteiger partial charge in [-0.2, -0.15) is 0 Å². The van der Waals surface area contributed by atoms with Crippen LogP contribution in [0, 0.1) is 0 Å². The number of benzene rings is 1. The highest BCUT2D eigenvalue weighted by molar-refractivity contribution is 6.07. The first-order chi connectivity index (χ1) is 14.0. The number of pyridine rings is 1. The molecule has 0 spiro atoms. The molecule has 154 valence electrons. The quantitative estimate of drug-likeness (QED) is 0.693. The second-order valence-electron chi connectivity index (χ2n) is 7.56. The second kappa shape index (κ2) is 9.91. The molecule has 1 saturated heterocycles. The van der Waals surface area contributed by atoms with E-state index in [4.69, 9.17) is 0 Å². The number of carbonyl (C=O) groups excluding carboxylic acids is 2. The third kappa shape index (κ3) is 5.94. The lowest BCUT2D eigenvalue weighted by molar-refractivity contribution is 0.102. The lowest BCUT2D eigenvalue weighted by Gasteiger charge is -2.20. The SMILES string of the molecule is CC(C)Nc1ncccc1C(=O)Nc1ccc(NC(=O)N2CCCCCC2)cc1. The molecule has 1 aliphatic rings. The van der Waals surface area contributed by atoms with Gasteiger partial charge >= 0.3 is 6.03 Å². The van der Waals surface area contributed by atoms with Crippen LogP contribution in [0.2, 0.25) is 0 Å². The van der Waals surface area contributed by atoms with Gasteiger partial charge in [0.1, 0.15) is 5.82 Å². The number of aromatic nitrogens is 1. The molecule has 0 atom stereocenters. The number of urea groups is 1. The third-order valence-electron chi connectivity index (χ3n) is 4.77. The summed E-state index contributed by atoms with van der Waals surface area (Å²) in [4.78, 5) is 31.2. The van der Waals surface area contributed by atoms with Gasteiger partial charge in [0, 0.05) is 36.7 Å². The number of hydrogen-bond donors (Lipinski definition) is 3. The van der Waals surface area contributed by atoms with E-state index in [0.29, 0.717) is 22.8 Å².